The lowest BCUT2D eigenvalue weighted by Gasteiger charge is -2.21. The second-order valence-corrected chi connectivity index (χ2v) is 7.78. The zero-order chi connectivity index (χ0) is 21.0. The van der Waals surface area contributed by atoms with Crippen molar-refractivity contribution >= 4 is 51.1 Å². The van der Waals surface area contributed by atoms with Gasteiger partial charge in [-0.1, -0.05) is 33.6 Å². The van der Waals surface area contributed by atoms with Crippen molar-refractivity contribution in [2.75, 3.05) is 31.7 Å². The van der Waals surface area contributed by atoms with Crippen LogP contribution in [0.2, 0.25) is 5.02 Å². The highest BCUT2D eigenvalue weighted by Gasteiger charge is 2.23. The van der Waals surface area contributed by atoms with Gasteiger partial charge in [-0.2, -0.15) is 0 Å². The number of nitrogens with zero attached hydrogens (tertiary/aromatic N) is 1. The highest BCUT2D eigenvalue weighted by molar-refractivity contribution is 9.10. The number of fused-ring (bicyclic) bond motifs is 1. The van der Waals surface area contributed by atoms with Gasteiger partial charge < -0.3 is 20.1 Å². The van der Waals surface area contributed by atoms with Crippen molar-refractivity contribution in [1.82, 2.24) is 5.32 Å². The first-order chi connectivity index (χ1) is 13.9. The first-order valence-corrected chi connectivity index (χ1v) is 10.2. The van der Waals surface area contributed by atoms with E-state index in [0.29, 0.717) is 29.3 Å². The Balaban J connectivity index is 1.89. The van der Waals surface area contributed by atoms with Crippen molar-refractivity contribution in [1.29, 1.82) is 0 Å². The molecule has 2 amide bonds. The van der Waals surface area contributed by atoms with Gasteiger partial charge >= 0.3 is 0 Å². The van der Waals surface area contributed by atoms with Crippen LogP contribution in [0.5, 0.6) is 0 Å². The number of halogens is 2. The van der Waals surface area contributed by atoms with Crippen molar-refractivity contribution in [2.24, 2.45) is 0 Å². The fourth-order valence-corrected chi connectivity index (χ4v) is 3.59. The molecule has 2 aromatic carbocycles. The number of ether oxygens (including phenoxy) is 1. The predicted molar refractivity (Wildman–Crippen MR) is 116 cm³/mol. The topological polar surface area (TPSA) is 78.9 Å². The Labute approximate surface area is 182 Å². The lowest BCUT2D eigenvalue weighted by Crippen LogP contribution is -2.30. The fourth-order valence-electron chi connectivity index (χ4n) is 2.96. The Morgan fingerprint density at radius 2 is 2.07 bits per heavy atom. The number of likely N-dealkylation sites (N-methyl/N-ethyl adjacent to an activating group) is 1. The van der Waals surface area contributed by atoms with E-state index in [1.54, 1.807) is 25.3 Å². The Morgan fingerprint density at radius 3 is 2.83 bits per heavy atom. The monoisotopic (exact) mass is 478 g/mol. The molecule has 2 N–H and O–H groups in total. The van der Waals surface area contributed by atoms with Gasteiger partial charge in [-0.05, 0) is 47.5 Å². The van der Waals surface area contributed by atoms with E-state index in [1.165, 1.54) is 11.0 Å². The number of carbonyl (C=O) groups excluding carboxylic acids is 2. The second-order valence-electron chi connectivity index (χ2n) is 6.46. The number of amides is 2. The Kier molecular flexibility index (Phi) is 6.95. The molecule has 0 saturated heterocycles. The molecule has 0 aliphatic carbocycles. The van der Waals surface area contributed by atoms with E-state index in [9.17, 15) is 9.59 Å². The molecular formula is C21H20BrClN2O4. The third-order valence-corrected chi connectivity index (χ3v) is 5.32. The molecule has 0 fully saturated rings. The van der Waals surface area contributed by atoms with Gasteiger partial charge in [0.1, 0.15) is 0 Å². The van der Waals surface area contributed by atoms with Crippen molar-refractivity contribution in [3.8, 4) is 0 Å². The average molecular weight is 480 g/mol. The largest absolute Gasteiger partial charge is 0.488 e. The summed E-state index contributed by atoms with van der Waals surface area (Å²) in [5.74, 6) is -0.523. The summed E-state index contributed by atoms with van der Waals surface area (Å²) in [6.07, 6.45) is 2.42. The Hall–Kier alpha value is -2.35. The molecule has 1 aliphatic heterocycles. The highest BCUT2D eigenvalue weighted by atomic mass is 79.9. The van der Waals surface area contributed by atoms with E-state index in [1.807, 2.05) is 18.2 Å². The molecular weight excluding hydrogens is 460 g/mol. The summed E-state index contributed by atoms with van der Waals surface area (Å²) in [4.78, 5) is 26.6. The van der Waals surface area contributed by atoms with Crippen molar-refractivity contribution in [3.05, 3.63) is 68.3 Å². The molecule has 29 heavy (non-hydrogen) atoms. The van der Waals surface area contributed by atoms with E-state index in [-0.39, 0.29) is 30.7 Å². The van der Waals surface area contributed by atoms with Gasteiger partial charge in [0.25, 0.3) is 11.8 Å². The van der Waals surface area contributed by atoms with Crippen LogP contribution in [0.4, 0.5) is 5.69 Å². The minimum atomic E-state index is -0.368. The van der Waals surface area contributed by atoms with E-state index >= 15 is 0 Å². The van der Waals surface area contributed by atoms with Crippen molar-refractivity contribution in [2.45, 2.75) is 6.42 Å². The number of aliphatic hydroxyl groups excluding tert-OH is 1. The van der Waals surface area contributed by atoms with Crippen LogP contribution < -0.4 is 10.2 Å². The van der Waals surface area contributed by atoms with Gasteiger partial charge in [0.05, 0.1) is 23.9 Å². The number of anilines is 1. The third-order valence-electron chi connectivity index (χ3n) is 4.51. The van der Waals surface area contributed by atoms with Crippen LogP contribution in [0.15, 0.2) is 46.6 Å². The van der Waals surface area contributed by atoms with Crippen LogP contribution >= 0.6 is 27.5 Å². The normalized spacial score (nSPS) is 12.9. The molecule has 0 atom stereocenters. The van der Waals surface area contributed by atoms with E-state index in [4.69, 9.17) is 21.4 Å². The maximum atomic E-state index is 13.1. The van der Waals surface area contributed by atoms with Crippen LogP contribution in [0.25, 0.3) is 6.08 Å². The second kappa shape index (κ2) is 9.43. The predicted octanol–water partition coefficient (Wildman–Crippen LogP) is 3.40. The molecule has 152 valence electrons. The smallest absolute Gasteiger partial charge is 0.293 e. The summed E-state index contributed by atoms with van der Waals surface area (Å²) in [6.45, 7) is 0.367. The number of hydrogen-bond donors (Lipinski definition) is 2. The summed E-state index contributed by atoms with van der Waals surface area (Å²) < 4.78 is 6.62. The number of rotatable bonds is 5. The van der Waals surface area contributed by atoms with Crippen LogP contribution in [0.1, 0.15) is 21.5 Å². The molecule has 0 spiro atoms. The van der Waals surface area contributed by atoms with Gasteiger partial charge in [-0.15, -0.1) is 0 Å². The van der Waals surface area contributed by atoms with Crippen LogP contribution in [0, 0.1) is 0 Å². The van der Waals surface area contributed by atoms with Crippen molar-refractivity contribution < 1.29 is 19.4 Å². The van der Waals surface area contributed by atoms with Gasteiger partial charge in [0.15, 0.2) is 5.76 Å². The number of aliphatic hydroxyl groups is 1. The quantitative estimate of drug-likeness (QED) is 0.689. The first-order valence-electron chi connectivity index (χ1n) is 9.00. The lowest BCUT2D eigenvalue weighted by molar-refractivity contribution is -0.118. The zero-order valence-corrected chi connectivity index (χ0v) is 18.1. The maximum Gasteiger partial charge on any atom is 0.293 e. The summed E-state index contributed by atoms with van der Waals surface area (Å²) in [6, 6.07) is 10.6. The summed E-state index contributed by atoms with van der Waals surface area (Å²) in [5.41, 5.74) is 2.73. The van der Waals surface area contributed by atoms with Crippen molar-refractivity contribution in [3.63, 3.8) is 0 Å². The number of hydrogen-bond acceptors (Lipinski definition) is 4. The molecule has 1 aliphatic rings. The molecule has 0 bridgehead atoms. The molecule has 0 aromatic heterocycles. The standard InChI is InChI=1S/C21H20BrClN2O4/c1-25(18-11-14(3-5-17(18)23)20(27)24-7-8-26)21(28)19-12-15-10-16(22)4-2-13(15)6-9-29-19/h2-5,10-12,26H,6-9H2,1H3,(H,24,27). The Morgan fingerprint density at radius 1 is 1.28 bits per heavy atom. The Bertz CT molecular complexity index is 977. The fraction of sp³-hybridized carbons (Fsp3) is 0.238. The molecule has 0 unspecified atom stereocenters. The van der Waals surface area contributed by atoms with Gasteiger partial charge in [0, 0.05) is 30.0 Å². The first kappa shape index (κ1) is 21.4. The molecule has 0 radical (unpaired) electrons. The SMILES string of the molecule is CN(C(=O)C1=Cc2cc(Br)ccc2CCO1)c1cc(C(=O)NCCO)ccc1Cl. The molecule has 6 nitrogen and oxygen atoms in total. The van der Waals surface area contributed by atoms with Crippen LogP contribution in [-0.2, 0) is 16.0 Å². The molecule has 2 aromatic rings. The summed E-state index contributed by atoms with van der Waals surface area (Å²) >= 11 is 9.74. The van der Waals surface area contributed by atoms with Crippen LogP contribution in [0.3, 0.4) is 0 Å². The van der Waals surface area contributed by atoms with Crippen LogP contribution in [-0.4, -0.2) is 43.7 Å². The highest BCUT2D eigenvalue weighted by Crippen LogP contribution is 2.29. The van der Waals surface area contributed by atoms with E-state index in [0.717, 1.165) is 15.6 Å². The third kappa shape index (κ3) is 4.98. The maximum absolute atomic E-state index is 13.1. The number of carbonyl (C=O) groups is 2. The molecule has 3 rings (SSSR count). The zero-order valence-electron chi connectivity index (χ0n) is 15.7. The molecule has 0 saturated carbocycles. The van der Waals surface area contributed by atoms with E-state index in [2.05, 4.69) is 21.2 Å². The summed E-state index contributed by atoms with van der Waals surface area (Å²) in [5, 5.41) is 11.8. The number of benzene rings is 2. The summed E-state index contributed by atoms with van der Waals surface area (Å²) in [7, 11) is 1.58. The van der Waals surface area contributed by atoms with E-state index < -0.39 is 0 Å². The average Bonchev–Trinajstić information content (AvgIpc) is 2.93. The molecule has 8 heteroatoms. The van der Waals surface area contributed by atoms with Gasteiger partial charge in [-0.3, -0.25) is 9.59 Å². The number of nitrogens with one attached hydrogen (secondary N) is 1. The molecule has 1 heterocycles. The van der Waals surface area contributed by atoms with Gasteiger partial charge in [-0.25, -0.2) is 0 Å². The minimum absolute atomic E-state index is 0.140. The lowest BCUT2D eigenvalue weighted by atomic mass is 10.0. The van der Waals surface area contributed by atoms with Gasteiger partial charge in [0.2, 0.25) is 0 Å². The minimum Gasteiger partial charge on any atom is -0.488 e.